The molecule has 0 unspecified atom stereocenters. The molecule has 0 radical (unpaired) electrons. The van der Waals surface area contributed by atoms with Crippen LogP contribution in [0.15, 0.2) is 18.2 Å². The second-order valence-electron chi connectivity index (χ2n) is 2.89. The Morgan fingerprint density at radius 2 is 2.29 bits per heavy atom. The maximum atomic E-state index is 12.3. The van der Waals surface area contributed by atoms with Crippen molar-refractivity contribution in [3.05, 3.63) is 23.8 Å². The molecule has 1 aromatic carbocycles. The topological polar surface area (TPSA) is 55.5 Å². The second kappa shape index (κ2) is 4.81. The van der Waals surface area contributed by atoms with Gasteiger partial charge in [-0.1, -0.05) is 12.1 Å². The molecule has 0 saturated heterocycles. The van der Waals surface area contributed by atoms with Crippen LogP contribution in [0.25, 0.3) is 0 Å². The predicted molar refractivity (Wildman–Crippen MR) is 52.2 cm³/mol. The van der Waals surface area contributed by atoms with Crippen LogP contribution in [0.4, 0.5) is 4.39 Å². The third kappa shape index (κ3) is 2.14. The smallest absolute Gasteiger partial charge is 0.162 e. The summed E-state index contributed by atoms with van der Waals surface area (Å²) in [6.45, 7) is 1.55. The Hall–Kier alpha value is -1.29. The van der Waals surface area contributed by atoms with Gasteiger partial charge >= 0.3 is 0 Å². The Morgan fingerprint density at radius 1 is 1.57 bits per heavy atom. The van der Waals surface area contributed by atoms with E-state index in [-0.39, 0.29) is 5.75 Å². The van der Waals surface area contributed by atoms with E-state index in [1.807, 2.05) is 0 Å². The molecule has 0 heterocycles. The lowest BCUT2D eigenvalue weighted by Gasteiger charge is -2.12. The van der Waals surface area contributed by atoms with E-state index in [2.05, 4.69) is 0 Å². The summed E-state index contributed by atoms with van der Waals surface area (Å²) in [5.41, 5.74) is 5.84. The molecule has 0 spiro atoms. The number of phenols is 1. The lowest BCUT2D eigenvalue weighted by Crippen LogP contribution is -2.12. The first-order chi connectivity index (χ1) is 6.70. The molecule has 78 valence electrons. The maximum Gasteiger partial charge on any atom is 0.162 e. The Labute approximate surface area is 82.3 Å². The van der Waals surface area contributed by atoms with Crippen molar-refractivity contribution < 1.29 is 14.2 Å². The fourth-order valence-electron chi connectivity index (χ4n) is 1.19. The molecule has 1 atom stereocenters. The molecule has 0 bridgehead atoms. The number of hydrogen-bond donors (Lipinski definition) is 2. The zero-order chi connectivity index (χ0) is 10.6. The van der Waals surface area contributed by atoms with Gasteiger partial charge in [-0.25, -0.2) is 4.39 Å². The monoisotopic (exact) mass is 199 g/mol. The molecular weight excluding hydrogens is 185 g/mol. The SMILES string of the molecule is CCOc1cccc([C@@H](N)CF)c1O. The molecule has 0 saturated carbocycles. The van der Waals surface area contributed by atoms with Crippen molar-refractivity contribution in [1.82, 2.24) is 0 Å². The van der Waals surface area contributed by atoms with E-state index in [0.29, 0.717) is 17.9 Å². The molecule has 0 aliphatic heterocycles. The van der Waals surface area contributed by atoms with Gasteiger partial charge < -0.3 is 15.6 Å². The van der Waals surface area contributed by atoms with E-state index in [0.717, 1.165) is 0 Å². The first kappa shape index (κ1) is 10.8. The van der Waals surface area contributed by atoms with Gasteiger partial charge in [0.2, 0.25) is 0 Å². The average Bonchev–Trinajstić information content (AvgIpc) is 2.20. The van der Waals surface area contributed by atoms with Crippen molar-refractivity contribution in [2.45, 2.75) is 13.0 Å². The van der Waals surface area contributed by atoms with Gasteiger partial charge in [-0.05, 0) is 13.0 Å². The Balaban J connectivity index is 3.00. The number of hydrogen-bond acceptors (Lipinski definition) is 3. The molecule has 0 fully saturated rings. The molecule has 0 aliphatic carbocycles. The van der Waals surface area contributed by atoms with Crippen molar-refractivity contribution >= 4 is 0 Å². The van der Waals surface area contributed by atoms with E-state index >= 15 is 0 Å². The molecule has 0 amide bonds. The van der Waals surface area contributed by atoms with Crippen LogP contribution >= 0.6 is 0 Å². The van der Waals surface area contributed by atoms with E-state index in [1.54, 1.807) is 25.1 Å². The lowest BCUT2D eigenvalue weighted by atomic mass is 10.1. The van der Waals surface area contributed by atoms with Gasteiger partial charge in [-0.2, -0.15) is 0 Å². The standard InChI is InChI=1S/C10H14FNO2/c1-2-14-9-5-3-4-7(10(9)13)8(12)6-11/h3-5,8,13H,2,6,12H2,1H3/t8-/m0/s1. The van der Waals surface area contributed by atoms with Gasteiger partial charge in [0.1, 0.15) is 6.67 Å². The van der Waals surface area contributed by atoms with Crippen molar-refractivity contribution in [2.24, 2.45) is 5.73 Å². The number of aromatic hydroxyl groups is 1. The summed E-state index contributed by atoms with van der Waals surface area (Å²) in [6.07, 6.45) is 0. The van der Waals surface area contributed by atoms with Gasteiger partial charge in [0.15, 0.2) is 11.5 Å². The highest BCUT2D eigenvalue weighted by Crippen LogP contribution is 2.32. The summed E-state index contributed by atoms with van der Waals surface area (Å²) in [5.74, 6) is 0.272. The number of ether oxygens (including phenoxy) is 1. The molecule has 1 rings (SSSR count). The molecule has 14 heavy (non-hydrogen) atoms. The van der Waals surface area contributed by atoms with Crippen molar-refractivity contribution in [1.29, 1.82) is 0 Å². The molecule has 0 aromatic heterocycles. The van der Waals surface area contributed by atoms with Crippen LogP contribution in [0.5, 0.6) is 11.5 Å². The normalized spacial score (nSPS) is 12.5. The number of para-hydroxylation sites is 1. The highest BCUT2D eigenvalue weighted by Gasteiger charge is 2.13. The summed E-state index contributed by atoms with van der Waals surface area (Å²) in [7, 11) is 0. The molecule has 1 aromatic rings. The molecule has 0 aliphatic rings. The van der Waals surface area contributed by atoms with Crippen LogP contribution in [0, 0.1) is 0 Å². The summed E-state index contributed by atoms with van der Waals surface area (Å²) in [4.78, 5) is 0. The highest BCUT2D eigenvalue weighted by atomic mass is 19.1. The summed E-state index contributed by atoms with van der Waals surface area (Å²) in [5, 5.41) is 9.65. The summed E-state index contributed by atoms with van der Waals surface area (Å²) < 4.78 is 17.4. The molecule has 4 heteroatoms. The lowest BCUT2D eigenvalue weighted by molar-refractivity contribution is 0.314. The maximum absolute atomic E-state index is 12.3. The van der Waals surface area contributed by atoms with E-state index in [4.69, 9.17) is 10.5 Å². The van der Waals surface area contributed by atoms with Crippen molar-refractivity contribution in [3.8, 4) is 11.5 Å². The Bertz CT molecular complexity index is 304. The minimum atomic E-state index is -0.796. The van der Waals surface area contributed by atoms with E-state index < -0.39 is 12.7 Å². The highest BCUT2D eigenvalue weighted by molar-refractivity contribution is 5.46. The third-order valence-corrected chi connectivity index (χ3v) is 1.90. The zero-order valence-corrected chi connectivity index (χ0v) is 8.03. The summed E-state index contributed by atoms with van der Waals surface area (Å²) in [6, 6.07) is 4.08. The van der Waals surface area contributed by atoms with Crippen molar-refractivity contribution in [2.75, 3.05) is 13.3 Å². The first-order valence-electron chi connectivity index (χ1n) is 4.47. The minimum absolute atomic E-state index is 0.0699. The van der Waals surface area contributed by atoms with Gasteiger partial charge in [-0.3, -0.25) is 0 Å². The van der Waals surface area contributed by atoms with Gasteiger partial charge in [-0.15, -0.1) is 0 Å². The number of alkyl halides is 1. The third-order valence-electron chi connectivity index (χ3n) is 1.90. The van der Waals surface area contributed by atoms with Crippen LogP contribution in [0.1, 0.15) is 18.5 Å². The fraction of sp³-hybridized carbons (Fsp3) is 0.400. The predicted octanol–water partition coefficient (Wildman–Crippen LogP) is 1.76. The van der Waals surface area contributed by atoms with Crippen LogP contribution < -0.4 is 10.5 Å². The zero-order valence-electron chi connectivity index (χ0n) is 8.03. The van der Waals surface area contributed by atoms with Crippen LogP contribution in [0.3, 0.4) is 0 Å². The minimum Gasteiger partial charge on any atom is -0.504 e. The number of nitrogens with two attached hydrogens (primary N) is 1. The largest absolute Gasteiger partial charge is 0.504 e. The van der Waals surface area contributed by atoms with Gasteiger partial charge in [0.25, 0.3) is 0 Å². The van der Waals surface area contributed by atoms with Gasteiger partial charge in [0, 0.05) is 5.56 Å². The fourth-order valence-corrected chi connectivity index (χ4v) is 1.19. The van der Waals surface area contributed by atoms with Crippen LogP contribution in [-0.4, -0.2) is 18.4 Å². The Morgan fingerprint density at radius 3 is 2.86 bits per heavy atom. The van der Waals surface area contributed by atoms with Crippen LogP contribution in [0.2, 0.25) is 0 Å². The van der Waals surface area contributed by atoms with Gasteiger partial charge in [0.05, 0.1) is 12.6 Å². The number of phenolic OH excluding ortho intramolecular Hbond substituents is 1. The summed E-state index contributed by atoms with van der Waals surface area (Å²) >= 11 is 0. The number of halogens is 1. The number of benzene rings is 1. The first-order valence-corrected chi connectivity index (χ1v) is 4.47. The van der Waals surface area contributed by atoms with E-state index in [9.17, 15) is 9.50 Å². The van der Waals surface area contributed by atoms with Crippen LogP contribution in [-0.2, 0) is 0 Å². The molecule has 3 N–H and O–H groups in total. The quantitative estimate of drug-likeness (QED) is 0.776. The molecular formula is C10H14FNO2. The Kier molecular flexibility index (Phi) is 3.71. The second-order valence-corrected chi connectivity index (χ2v) is 2.89. The van der Waals surface area contributed by atoms with Crippen molar-refractivity contribution in [3.63, 3.8) is 0 Å². The van der Waals surface area contributed by atoms with E-state index in [1.165, 1.54) is 0 Å². The molecule has 3 nitrogen and oxygen atoms in total. The average molecular weight is 199 g/mol. The number of rotatable bonds is 4.